The highest BCUT2D eigenvalue weighted by Gasteiger charge is 2.42. The Morgan fingerprint density at radius 2 is 2.32 bits per heavy atom. The fraction of sp³-hybridized carbons (Fsp3) is 0.286. The zero-order valence-electron chi connectivity index (χ0n) is 11.8. The third-order valence-corrected chi connectivity index (χ3v) is 4.00. The van der Waals surface area contributed by atoms with E-state index in [1.165, 1.54) is 6.33 Å². The molecule has 0 aliphatic carbocycles. The van der Waals surface area contributed by atoms with E-state index in [0.29, 0.717) is 5.02 Å². The van der Waals surface area contributed by atoms with Crippen molar-refractivity contribution >= 4 is 29.4 Å². The van der Waals surface area contributed by atoms with Gasteiger partial charge in [-0.05, 0) is 17.7 Å². The zero-order chi connectivity index (χ0) is 15.7. The molecule has 1 aliphatic heterocycles. The second kappa shape index (κ2) is 5.76. The molecule has 2 aromatic rings. The molecule has 1 aliphatic rings. The van der Waals surface area contributed by atoms with E-state index in [2.05, 4.69) is 20.5 Å². The quantitative estimate of drug-likeness (QED) is 0.899. The summed E-state index contributed by atoms with van der Waals surface area (Å²) in [5.41, 5.74) is 0.832. The molecule has 0 saturated carbocycles. The second-order valence-electron chi connectivity index (χ2n) is 5.14. The highest BCUT2D eigenvalue weighted by Crippen LogP contribution is 2.38. The van der Waals surface area contributed by atoms with Gasteiger partial charge in [0.2, 0.25) is 17.8 Å². The van der Waals surface area contributed by atoms with Gasteiger partial charge in [0, 0.05) is 18.5 Å². The largest absolute Gasteiger partial charge is 0.338 e. The SMILES string of the molecule is CN1C(=O)CC(C(=O)Nc2ncn[nH]2)C1c1cccc(Cl)c1. The van der Waals surface area contributed by atoms with Gasteiger partial charge < -0.3 is 4.90 Å². The third-order valence-electron chi connectivity index (χ3n) is 3.77. The van der Waals surface area contributed by atoms with E-state index in [4.69, 9.17) is 11.6 Å². The average molecular weight is 320 g/mol. The van der Waals surface area contributed by atoms with Crippen molar-refractivity contribution in [2.45, 2.75) is 12.5 Å². The van der Waals surface area contributed by atoms with Gasteiger partial charge in [-0.15, -0.1) is 0 Å². The van der Waals surface area contributed by atoms with E-state index < -0.39 is 5.92 Å². The number of halogens is 1. The summed E-state index contributed by atoms with van der Waals surface area (Å²) in [6.07, 6.45) is 1.45. The normalized spacial score (nSPS) is 21.2. The van der Waals surface area contributed by atoms with Crippen molar-refractivity contribution in [2.75, 3.05) is 12.4 Å². The van der Waals surface area contributed by atoms with Gasteiger partial charge in [-0.1, -0.05) is 23.7 Å². The highest BCUT2D eigenvalue weighted by molar-refractivity contribution is 6.30. The number of hydrogen-bond donors (Lipinski definition) is 2. The minimum Gasteiger partial charge on any atom is -0.338 e. The number of carbonyl (C=O) groups excluding carboxylic acids is 2. The molecule has 1 aromatic carbocycles. The van der Waals surface area contributed by atoms with Crippen LogP contribution in [0.5, 0.6) is 0 Å². The first-order valence-electron chi connectivity index (χ1n) is 6.73. The number of carbonyl (C=O) groups is 2. The van der Waals surface area contributed by atoms with Crippen molar-refractivity contribution in [2.24, 2.45) is 5.92 Å². The van der Waals surface area contributed by atoms with Gasteiger partial charge in [-0.3, -0.25) is 14.9 Å². The van der Waals surface area contributed by atoms with Gasteiger partial charge in [-0.2, -0.15) is 10.1 Å². The summed E-state index contributed by atoms with van der Waals surface area (Å²) >= 11 is 6.02. The van der Waals surface area contributed by atoms with Crippen LogP contribution in [0.3, 0.4) is 0 Å². The molecule has 0 spiro atoms. The van der Waals surface area contributed by atoms with Gasteiger partial charge in [0.25, 0.3) is 0 Å². The predicted octanol–water partition coefficient (Wildman–Crippen LogP) is 1.62. The summed E-state index contributed by atoms with van der Waals surface area (Å²) in [4.78, 5) is 29.9. The number of anilines is 1. The molecule has 0 bridgehead atoms. The maximum Gasteiger partial charge on any atom is 0.232 e. The Balaban J connectivity index is 1.88. The van der Waals surface area contributed by atoms with Crippen LogP contribution in [-0.2, 0) is 9.59 Å². The number of aromatic amines is 1. The Morgan fingerprint density at radius 1 is 1.50 bits per heavy atom. The van der Waals surface area contributed by atoms with Crippen LogP contribution in [0.1, 0.15) is 18.0 Å². The number of likely N-dealkylation sites (tertiary alicyclic amines) is 1. The molecule has 2 unspecified atom stereocenters. The fourth-order valence-corrected chi connectivity index (χ4v) is 2.93. The van der Waals surface area contributed by atoms with E-state index >= 15 is 0 Å². The Labute approximate surface area is 131 Å². The van der Waals surface area contributed by atoms with Crippen LogP contribution in [0.15, 0.2) is 30.6 Å². The average Bonchev–Trinajstić information content (AvgIpc) is 3.08. The van der Waals surface area contributed by atoms with Crippen molar-refractivity contribution in [1.29, 1.82) is 0 Å². The molecule has 1 aromatic heterocycles. The van der Waals surface area contributed by atoms with Crippen LogP contribution in [0.4, 0.5) is 5.95 Å². The van der Waals surface area contributed by atoms with Gasteiger partial charge >= 0.3 is 0 Å². The number of rotatable bonds is 3. The highest BCUT2D eigenvalue weighted by atomic mass is 35.5. The van der Waals surface area contributed by atoms with Crippen molar-refractivity contribution in [1.82, 2.24) is 20.1 Å². The molecule has 2 N–H and O–H groups in total. The Kier molecular flexibility index (Phi) is 3.81. The lowest BCUT2D eigenvalue weighted by Gasteiger charge is -2.24. The van der Waals surface area contributed by atoms with Crippen LogP contribution in [-0.4, -0.2) is 38.9 Å². The monoisotopic (exact) mass is 319 g/mol. The maximum atomic E-state index is 12.5. The smallest absolute Gasteiger partial charge is 0.232 e. The van der Waals surface area contributed by atoms with Gasteiger partial charge in [0.05, 0.1) is 12.0 Å². The molecule has 22 heavy (non-hydrogen) atoms. The van der Waals surface area contributed by atoms with E-state index in [-0.39, 0.29) is 30.2 Å². The molecule has 7 nitrogen and oxygen atoms in total. The summed E-state index contributed by atoms with van der Waals surface area (Å²) < 4.78 is 0. The molecule has 0 radical (unpaired) electrons. The fourth-order valence-electron chi connectivity index (χ4n) is 2.73. The number of benzene rings is 1. The van der Waals surface area contributed by atoms with Crippen LogP contribution >= 0.6 is 11.6 Å². The molecule has 2 amide bonds. The second-order valence-corrected chi connectivity index (χ2v) is 5.57. The standard InChI is InChI=1S/C14H14ClN5O2/c1-20-11(21)6-10(13(22)18-14-16-7-17-19-14)12(20)8-3-2-4-9(15)5-8/h2-5,7,10,12H,6H2,1H3,(H2,16,17,18,19,22). The molecule has 2 atom stereocenters. The van der Waals surface area contributed by atoms with Crippen LogP contribution < -0.4 is 5.32 Å². The predicted molar refractivity (Wildman–Crippen MR) is 80.1 cm³/mol. The number of nitrogens with zero attached hydrogens (tertiary/aromatic N) is 3. The number of nitrogens with one attached hydrogen (secondary N) is 2. The van der Waals surface area contributed by atoms with E-state index in [1.807, 2.05) is 6.07 Å². The Bertz CT molecular complexity index is 703. The minimum atomic E-state index is -0.513. The minimum absolute atomic E-state index is 0.0808. The van der Waals surface area contributed by atoms with E-state index in [1.54, 1.807) is 30.1 Å². The van der Waals surface area contributed by atoms with Crippen LogP contribution in [0.2, 0.25) is 5.02 Å². The van der Waals surface area contributed by atoms with Crippen LogP contribution in [0, 0.1) is 5.92 Å². The maximum absolute atomic E-state index is 12.5. The van der Waals surface area contributed by atoms with Crippen molar-refractivity contribution in [3.8, 4) is 0 Å². The number of amides is 2. The molecule has 1 fully saturated rings. The van der Waals surface area contributed by atoms with Gasteiger partial charge in [0.1, 0.15) is 6.33 Å². The first-order chi connectivity index (χ1) is 10.6. The molecule has 1 saturated heterocycles. The van der Waals surface area contributed by atoms with Gasteiger partial charge in [0.15, 0.2) is 0 Å². The zero-order valence-corrected chi connectivity index (χ0v) is 12.5. The summed E-state index contributed by atoms with van der Waals surface area (Å²) in [6, 6.07) is 6.84. The summed E-state index contributed by atoms with van der Waals surface area (Å²) in [5, 5.41) is 9.45. The third kappa shape index (κ3) is 2.67. The lowest BCUT2D eigenvalue weighted by molar-refractivity contribution is -0.128. The first-order valence-corrected chi connectivity index (χ1v) is 7.11. The Hall–Kier alpha value is -2.41. The lowest BCUT2D eigenvalue weighted by atomic mass is 9.93. The molecule has 8 heteroatoms. The van der Waals surface area contributed by atoms with E-state index in [9.17, 15) is 9.59 Å². The summed E-state index contributed by atoms with van der Waals surface area (Å²) in [5.74, 6) is -0.611. The molecular weight excluding hydrogens is 306 g/mol. The first kappa shape index (κ1) is 14.5. The van der Waals surface area contributed by atoms with Crippen molar-refractivity contribution in [3.05, 3.63) is 41.2 Å². The number of hydrogen-bond acceptors (Lipinski definition) is 4. The van der Waals surface area contributed by atoms with Crippen molar-refractivity contribution in [3.63, 3.8) is 0 Å². The molecule has 3 rings (SSSR count). The van der Waals surface area contributed by atoms with Crippen LogP contribution in [0.25, 0.3) is 0 Å². The molecular formula is C14H14ClN5O2. The molecule has 2 heterocycles. The molecule has 114 valence electrons. The summed E-state index contributed by atoms with van der Waals surface area (Å²) in [6.45, 7) is 0. The number of H-pyrrole nitrogens is 1. The van der Waals surface area contributed by atoms with Crippen molar-refractivity contribution < 1.29 is 9.59 Å². The Morgan fingerprint density at radius 3 is 3.00 bits per heavy atom. The number of aromatic nitrogens is 3. The lowest BCUT2D eigenvalue weighted by Crippen LogP contribution is -2.30. The van der Waals surface area contributed by atoms with E-state index in [0.717, 1.165) is 5.56 Å². The topological polar surface area (TPSA) is 91.0 Å². The summed E-state index contributed by atoms with van der Waals surface area (Å²) in [7, 11) is 1.69. The van der Waals surface area contributed by atoms with Gasteiger partial charge in [-0.25, -0.2) is 5.10 Å².